The summed E-state index contributed by atoms with van der Waals surface area (Å²) in [5.41, 5.74) is -4.32. The summed E-state index contributed by atoms with van der Waals surface area (Å²) in [5.74, 6) is -6.83. The van der Waals surface area contributed by atoms with Gasteiger partial charge in [0.25, 0.3) is 0 Å². The smallest absolute Gasteiger partial charge is 0.303 e. The molecule has 4 aliphatic carbocycles. The van der Waals surface area contributed by atoms with E-state index in [-0.39, 0.29) is 37.7 Å². The lowest BCUT2D eigenvalue weighted by Gasteiger charge is -2.63. The normalized spacial score (nSPS) is 32.7. The number of carbonyl (C=O) groups is 7. The SMILES string of the molecule is CCC(C)C(=O)N[C@@H](CCC(=O)O)C(=O)N[C@@H](C)C(=O)N[C@@H](C)C(=O)Nc1cccc(Cc2ccc([C@@H]3O[C@@H]4CC5[C@@H]6C[C@H](F)C7=CC(=O)C=C[C@]7(C)[C@@]6(F)[C@@H](O)C[C@]5(C)[C@]4(C(=O)CO)O3)cc2)c1. The van der Waals surface area contributed by atoms with E-state index < -0.39 is 130 Å². The van der Waals surface area contributed by atoms with E-state index in [1.807, 2.05) is 18.2 Å². The number of hydrogen-bond acceptors (Lipinski definition) is 11. The number of nitrogens with one attached hydrogen (secondary N) is 4. The molecule has 0 bridgehead atoms. The van der Waals surface area contributed by atoms with Crippen molar-refractivity contribution in [3.05, 3.63) is 89.0 Å². The lowest BCUT2D eigenvalue weighted by molar-refractivity contribution is -0.235. The van der Waals surface area contributed by atoms with Gasteiger partial charge in [-0.3, -0.25) is 33.6 Å². The number of allylic oxidation sites excluding steroid dienone is 4. The van der Waals surface area contributed by atoms with Crippen LogP contribution in [0.25, 0.3) is 0 Å². The van der Waals surface area contributed by atoms with Crippen molar-refractivity contribution >= 4 is 46.9 Å². The minimum atomic E-state index is -2.36. The van der Waals surface area contributed by atoms with E-state index in [1.165, 1.54) is 32.9 Å². The number of alkyl halides is 2. The first-order valence-electron chi connectivity index (χ1n) is 23.6. The summed E-state index contributed by atoms with van der Waals surface area (Å²) in [7, 11) is 0. The molecule has 2 aromatic carbocycles. The van der Waals surface area contributed by atoms with Crippen LogP contribution in [0.1, 0.15) is 103 Å². The summed E-state index contributed by atoms with van der Waals surface area (Å²) in [4.78, 5) is 89.1. The van der Waals surface area contributed by atoms with Crippen molar-refractivity contribution in [1.82, 2.24) is 16.0 Å². The lowest BCUT2D eigenvalue weighted by atomic mass is 9.44. The molecule has 4 amide bonds. The van der Waals surface area contributed by atoms with Gasteiger partial charge in [0, 0.05) is 40.3 Å². The number of ketones is 2. The number of carboxylic acids is 1. The Labute approximate surface area is 399 Å². The molecule has 14 atom stereocenters. The number of ether oxygens (including phenoxy) is 2. The van der Waals surface area contributed by atoms with Crippen molar-refractivity contribution < 1.29 is 67.1 Å². The second-order valence-corrected chi connectivity index (χ2v) is 19.9. The van der Waals surface area contributed by atoms with Gasteiger partial charge in [-0.15, -0.1) is 0 Å². The van der Waals surface area contributed by atoms with Gasteiger partial charge in [0.1, 0.15) is 30.9 Å². The Kier molecular flexibility index (Phi) is 14.5. The van der Waals surface area contributed by atoms with Gasteiger partial charge in [-0.25, -0.2) is 8.78 Å². The van der Waals surface area contributed by atoms with Gasteiger partial charge in [0.15, 0.2) is 29.1 Å². The number of amides is 4. The quantitative estimate of drug-likeness (QED) is 0.118. The van der Waals surface area contributed by atoms with E-state index in [2.05, 4.69) is 21.3 Å². The molecule has 69 heavy (non-hydrogen) atoms. The number of rotatable bonds is 17. The molecule has 5 aliphatic rings. The van der Waals surface area contributed by atoms with Crippen molar-refractivity contribution in [2.45, 2.75) is 141 Å². The first-order chi connectivity index (χ1) is 32.5. The second kappa shape index (κ2) is 19.6. The van der Waals surface area contributed by atoms with Gasteiger partial charge in [-0.05, 0) is 106 Å². The summed E-state index contributed by atoms with van der Waals surface area (Å²) < 4.78 is 46.8. The van der Waals surface area contributed by atoms with Crippen molar-refractivity contribution in [1.29, 1.82) is 0 Å². The monoisotopic (exact) mass is 960 g/mol. The van der Waals surface area contributed by atoms with Crippen LogP contribution in [0.5, 0.6) is 0 Å². The van der Waals surface area contributed by atoms with Gasteiger partial charge in [0.2, 0.25) is 23.6 Å². The van der Waals surface area contributed by atoms with E-state index in [0.717, 1.165) is 17.2 Å². The Balaban J connectivity index is 0.969. The molecule has 0 aromatic heterocycles. The highest BCUT2D eigenvalue weighted by Crippen LogP contribution is 2.72. The Morgan fingerprint density at radius 3 is 2.23 bits per heavy atom. The molecule has 1 saturated heterocycles. The zero-order valence-corrected chi connectivity index (χ0v) is 39.6. The molecule has 7 N–H and O–H groups in total. The average Bonchev–Trinajstić information content (AvgIpc) is 3.81. The van der Waals surface area contributed by atoms with E-state index in [9.17, 15) is 43.8 Å². The second-order valence-electron chi connectivity index (χ2n) is 19.9. The fourth-order valence-corrected chi connectivity index (χ4v) is 11.6. The van der Waals surface area contributed by atoms with Crippen LogP contribution in [-0.4, -0.2) is 111 Å². The maximum absolute atomic E-state index is 17.8. The molecular formula is C51H62F2N4O12. The van der Waals surface area contributed by atoms with Crippen LogP contribution in [-0.2, 0) is 49.5 Å². The predicted octanol–water partition coefficient (Wildman–Crippen LogP) is 4.26. The van der Waals surface area contributed by atoms with Crippen LogP contribution in [0.4, 0.5) is 14.5 Å². The van der Waals surface area contributed by atoms with Crippen LogP contribution < -0.4 is 21.3 Å². The van der Waals surface area contributed by atoms with E-state index in [1.54, 1.807) is 51.1 Å². The van der Waals surface area contributed by atoms with Crippen LogP contribution in [0.3, 0.4) is 0 Å². The highest BCUT2D eigenvalue weighted by molar-refractivity contribution is 6.01. The molecule has 4 fully saturated rings. The number of fused-ring (bicyclic) bond motifs is 7. The van der Waals surface area contributed by atoms with E-state index in [0.29, 0.717) is 24.1 Å². The number of carboxylic acid groups (broad SMARTS) is 1. The molecule has 3 saturated carbocycles. The predicted molar refractivity (Wildman–Crippen MR) is 245 cm³/mol. The highest BCUT2D eigenvalue weighted by atomic mass is 19.1. The van der Waals surface area contributed by atoms with Gasteiger partial charge in [0.05, 0.1) is 12.2 Å². The Bertz CT molecular complexity index is 2450. The fourth-order valence-electron chi connectivity index (χ4n) is 11.6. The Morgan fingerprint density at radius 1 is 0.884 bits per heavy atom. The lowest BCUT2D eigenvalue weighted by Crippen LogP contribution is -2.70. The Hall–Kier alpha value is -5.69. The summed E-state index contributed by atoms with van der Waals surface area (Å²) >= 11 is 0. The summed E-state index contributed by atoms with van der Waals surface area (Å²) in [6.45, 7) is 8.67. The average molecular weight is 961 g/mol. The molecule has 7 rings (SSSR count). The minimum absolute atomic E-state index is 0.00797. The molecule has 372 valence electrons. The van der Waals surface area contributed by atoms with Crippen molar-refractivity contribution in [2.75, 3.05) is 11.9 Å². The molecule has 16 nitrogen and oxygen atoms in total. The van der Waals surface area contributed by atoms with Crippen LogP contribution in [0.15, 0.2) is 72.3 Å². The van der Waals surface area contributed by atoms with Gasteiger partial charge >= 0.3 is 5.97 Å². The van der Waals surface area contributed by atoms with Crippen molar-refractivity contribution in [3.8, 4) is 0 Å². The standard InChI is InChI=1S/C51H62F2N4O12/c1-7-26(2)43(64)57-38(15-16-42(62)63)46(67)55-27(3)44(65)54-28(4)45(66)56-32-10-8-9-30(20-32)19-29-11-13-31(14-12-29)47-68-41-23-34-35-22-37(52)36-21-33(59)17-18-48(36,5)50(35,53)39(60)24-49(34,6)51(41,69-47)40(61)25-58/h8-14,17-18,20-21,26-28,34-35,37-39,41,47,58,60H,7,15-16,19,22-25H2,1-6H3,(H,54,65)(H,55,67)(H,56,66)(H,57,64)(H,62,63)/t26?,27-,28-,34?,35-,37-,38-,39-,41+,47+,48-,49-,50-,51+/m0/s1. The largest absolute Gasteiger partial charge is 0.481 e. The third-order valence-corrected chi connectivity index (χ3v) is 15.6. The third kappa shape index (κ3) is 9.16. The molecule has 2 aromatic rings. The summed E-state index contributed by atoms with van der Waals surface area (Å²) in [6.07, 6.45) is -1.74. The number of halogens is 2. The molecule has 2 unspecified atom stereocenters. The van der Waals surface area contributed by atoms with E-state index in [4.69, 9.17) is 14.6 Å². The van der Waals surface area contributed by atoms with Crippen LogP contribution in [0.2, 0.25) is 0 Å². The minimum Gasteiger partial charge on any atom is -0.481 e. The van der Waals surface area contributed by atoms with Gasteiger partial charge in [-0.2, -0.15) is 0 Å². The van der Waals surface area contributed by atoms with Crippen molar-refractivity contribution in [3.63, 3.8) is 0 Å². The zero-order chi connectivity index (χ0) is 50.4. The molecule has 0 spiro atoms. The van der Waals surface area contributed by atoms with Gasteiger partial charge in [-0.1, -0.05) is 63.2 Å². The molecule has 1 heterocycles. The molecule has 1 aliphatic heterocycles. The molecular weight excluding hydrogens is 899 g/mol. The van der Waals surface area contributed by atoms with Gasteiger partial charge < -0.3 is 46.1 Å². The maximum Gasteiger partial charge on any atom is 0.303 e. The maximum atomic E-state index is 17.8. The third-order valence-electron chi connectivity index (χ3n) is 15.6. The number of aliphatic hydroxyl groups is 2. The summed E-state index contributed by atoms with van der Waals surface area (Å²) in [5, 5.41) is 41.7. The number of anilines is 1. The first kappa shape index (κ1) is 51.2. The first-order valence-corrected chi connectivity index (χ1v) is 23.6. The molecule has 18 heteroatoms. The Morgan fingerprint density at radius 2 is 1.57 bits per heavy atom. The number of hydrogen-bond donors (Lipinski definition) is 7. The van der Waals surface area contributed by atoms with E-state index >= 15 is 8.78 Å². The number of aliphatic hydroxyl groups excluding tert-OH is 2. The number of benzene rings is 2. The zero-order valence-electron chi connectivity index (χ0n) is 39.6. The number of carbonyl (C=O) groups excluding carboxylic acids is 6. The highest BCUT2D eigenvalue weighted by Gasteiger charge is 2.80. The van der Waals surface area contributed by atoms with Crippen LogP contribution >= 0.6 is 0 Å². The molecule has 0 radical (unpaired) electrons. The topological polar surface area (TPSA) is 247 Å². The number of aliphatic carboxylic acids is 1. The summed E-state index contributed by atoms with van der Waals surface area (Å²) in [6, 6.07) is 11.0. The number of Topliss-reactive ketones (excluding diaryl/α,β-unsaturated/α-hetero) is 1. The van der Waals surface area contributed by atoms with Crippen molar-refractivity contribution in [2.24, 2.45) is 28.6 Å². The van der Waals surface area contributed by atoms with Crippen LogP contribution in [0, 0.1) is 28.6 Å². The fraction of sp³-hybridized carbons (Fsp3) is 0.549.